The molecule has 0 saturated carbocycles. The summed E-state index contributed by atoms with van der Waals surface area (Å²) >= 11 is 7.75. The summed E-state index contributed by atoms with van der Waals surface area (Å²) in [6.45, 7) is 1.72. The minimum absolute atomic E-state index is 0.0236. The number of anilines is 2. The van der Waals surface area contributed by atoms with Gasteiger partial charge in [0.05, 0.1) is 41.6 Å². The van der Waals surface area contributed by atoms with Crippen molar-refractivity contribution < 1.29 is 22.7 Å². The molecule has 4 rings (SSSR count). The van der Waals surface area contributed by atoms with Gasteiger partial charge in [-0.25, -0.2) is 13.4 Å². The lowest BCUT2D eigenvalue weighted by Crippen LogP contribution is -2.37. The number of methoxy groups -OCH3 is 1. The average Bonchev–Trinajstić information content (AvgIpc) is 3.44. The fourth-order valence-electron chi connectivity index (χ4n) is 3.91. The van der Waals surface area contributed by atoms with Gasteiger partial charge >= 0.3 is 0 Å². The molecule has 1 aromatic heterocycles. The zero-order chi connectivity index (χ0) is 28.7. The van der Waals surface area contributed by atoms with E-state index in [1.54, 1.807) is 31.3 Å². The predicted molar refractivity (Wildman–Crippen MR) is 159 cm³/mol. The standard InChI is InChI=1S/C28H29ClN4O5S2/c1-4-38-25-13-11-21(15-22(25)29)40(35,36)33(16-19-8-6-5-7-9-19)17-27(34)31-23-14-20(10-12-26(23)37-3)24-18-39-28(30-2)32-24/h5-15,18H,4,16-17H2,1-3H3,(H,30,32)(H,31,34). The van der Waals surface area contributed by atoms with Crippen LogP contribution in [-0.2, 0) is 21.4 Å². The molecule has 0 saturated heterocycles. The number of halogens is 1. The molecule has 0 fully saturated rings. The number of nitrogens with zero attached hydrogens (tertiary/aromatic N) is 2. The molecule has 0 aliphatic rings. The molecule has 4 aromatic rings. The predicted octanol–water partition coefficient (Wildman–Crippen LogP) is 5.74. The molecule has 1 heterocycles. The summed E-state index contributed by atoms with van der Waals surface area (Å²) in [5.41, 5.74) is 2.62. The summed E-state index contributed by atoms with van der Waals surface area (Å²) in [5, 5.41) is 8.64. The third kappa shape index (κ3) is 6.92. The SMILES string of the molecule is CCOc1ccc(S(=O)(=O)N(CC(=O)Nc2cc(-c3csc(NC)n3)ccc2OC)Cc2ccccc2)cc1Cl. The number of thiazole rings is 1. The Balaban J connectivity index is 1.62. The highest BCUT2D eigenvalue weighted by Crippen LogP contribution is 2.33. The normalized spacial score (nSPS) is 11.3. The van der Waals surface area contributed by atoms with E-state index in [-0.39, 0.29) is 16.5 Å². The fraction of sp³-hybridized carbons (Fsp3) is 0.214. The fourth-order valence-corrected chi connectivity index (χ4v) is 6.30. The first-order valence-electron chi connectivity index (χ1n) is 12.3. The number of ether oxygens (including phenoxy) is 2. The van der Waals surface area contributed by atoms with Crippen LogP contribution in [0.5, 0.6) is 11.5 Å². The maximum atomic E-state index is 13.7. The van der Waals surface area contributed by atoms with Gasteiger partial charge in [-0.15, -0.1) is 11.3 Å². The highest BCUT2D eigenvalue weighted by Gasteiger charge is 2.28. The van der Waals surface area contributed by atoms with E-state index >= 15 is 0 Å². The molecule has 0 radical (unpaired) electrons. The summed E-state index contributed by atoms with van der Waals surface area (Å²) in [6.07, 6.45) is 0. The second-order valence-electron chi connectivity index (χ2n) is 8.54. The van der Waals surface area contributed by atoms with Gasteiger partial charge in [-0.1, -0.05) is 41.9 Å². The summed E-state index contributed by atoms with van der Waals surface area (Å²) < 4.78 is 39.5. The Morgan fingerprint density at radius 1 is 1.07 bits per heavy atom. The van der Waals surface area contributed by atoms with Crippen molar-refractivity contribution in [3.63, 3.8) is 0 Å². The van der Waals surface area contributed by atoms with Crippen molar-refractivity contribution in [1.29, 1.82) is 0 Å². The van der Waals surface area contributed by atoms with Gasteiger partial charge in [0.1, 0.15) is 11.5 Å². The van der Waals surface area contributed by atoms with Gasteiger partial charge in [-0.3, -0.25) is 4.79 Å². The molecule has 0 atom stereocenters. The van der Waals surface area contributed by atoms with Crippen molar-refractivity contribution in [2.75, 3.05) is 37.9 Å². The number of aromatic nitrogens is 1. The third-order valence-corrected chi connectivity index (χ3v) is 8.79. The minimum atomic E-state index is -4.12. The van der Waals surface area contributed by atoms with Crippen molar-refractivity contribution in [2.45, 2.75) is 18.4 Å². The van der Waals surface area contributed by atoms with Crippen LogP contribution >= 0.6 is 22.9 Å². The van der Waals surface area contributed by atoms with Gasteiger partial charge in [0.2, 0.25) is 15.9 Å². The maximum Gasteiger partial charge on any atom is 0.243 e. The van der Waals surface area contributed by atoms with Crippen molar-refractivity contribution in [3.8, 4) is 22.8 Å². The number of carbonyl (C=O) groups excluding carboxylic acids is 1. The first kappa shape index (κ1) is 29.3. The van der Waals surface area contributed by atoms with Crippen LogP contribution in [0.3, 0.4) is 0 Å². The summed E-state index contributed by atoms with van der Waals surface area (Å²) in [6, 6.07) is 18.6. The lowest BCUT2D eigenvalue weighted by atomic mass is 10.1. The van der Waals surface area contributed by atoms with Crippen molar-refractivity contribution >= 4 is 49.7 Å². The largest absolute Gasteiger partial charge is 0.495 e. The Bertz CT molecular complexity index is 1580. The Morgan fingerprint density at radius 3 is 2.48 bits per heavy atom. The topological polar surface area (TPSA) is 110 Å². The van der Waals surface area contributed by atoms with Crippen LogP contribution < -0.4 is 20.1 Å². The molecule has 0 aliphatic heterocycles. The Hall–Kier alpha value is -3.64. The minimum Gasteiger partial charge on any atom is -0.495 e. The first-order chi connectivity index (χ1) is 19.2. The van der Waals surface area contributed by atoms with Crippen LogP contribution in [0.1, 0.15) is 12.5 Å². The van der Waals surface area contributed by atoms with Crippen molar-refractivity contribution in [1.82, 2.24) is 9.29 Å². The van der Waals surface area contributed by atoms with Gasteiger partial charge in [0, 0.05) is 24.5 Å². The Kier molecular flexibility index (Phi) is 9.64. The summed E-state index contributed by atoms with van der Waals surface area (Å²) in [4.78, 5) is 17.8. The molecule has 0 unspecified atom stereocenters. The number of hydrogen-bond donors (Lipinski definition) is 2. The second-order valence-corrected chi connectivity index (χ2v) is 11.7. The Labute approximate surface area is 242 Å². The molecule has 0 bridgehead atoms. The molecule has 2 N–H and O–H groups in total. The Morgan fingerprint density at radius 2 is 1.82 bits per heavy atom. The number of sulfonamides is 1. The van der Waals surface area contributed by atoms with E-state index in [1.165, 1.54) is 36.6 Å². The van der Waals surface area contributed by atoms with E-state index in [9.17, 15) is 13.2 Å². The third-order valence-electron chi connectivity index (χ3n) is 5.85. The molecule has 12 heteroatoms. The van der Waals surface area contributed by atoms with E-state index in [2.05, 4.69) is 15.6 Å². The van der Waals surface area contributed by atoms with Gasteiger partial charge < -0.3 is 20.1 Å². The average molecular weight is 601 g/mol. The van der Waals surface area contributed by atoms with Crippen LogP contribution in [-0.4, -0.2) is 50.9 Å². The molecular weight excluding hydrogens is 572 g/mol. The van der Waals surface area contributed by atoms with E-state index in [1.807, 2.05) is 36.6 Å². The summed E-state index contributed by atoms with van der Waals surface area (Å²) in [7, 11) is -0.837. The number of amides is 1. The van der Waals surface area contributed by atoms with E-state index in [0.29, 0.717) is 23.8 Å². The van der Waals surface area contributed by atoms with Crippen molar-refractivity contribution in [2.24, 2.45) is 0 Å². The van der Waals surface area contributed by atoms with Crippen LogP contribution in [0, 0.1) is 0 Å². The molecule has 1 amide bonds. The molecule has 3 aromatic carbocycles. The highest BCUT2D eigenvalue weighted by atomic mass is 35.5. The lowest BCUT2D eigenvalue weighted by Gasteiger charge is -2.23. The molecule has 0 aliphatic carbocycles. The van der Waals surface area contributed by atoms with Gasteiger partial charge in [-0.2, -0.15) is 4.31 Å². The van der Waals surface area contributed by atoms with Crippen LogP contribution in [0.2, 0.25) is 5.02 Å². The number of carbonyl (C=O) groups is 1. The van der Waals surface area contributed by atoms with E-state index in [4.69, 9.17) is 21.1 Å². The van der Waals surface area contributed by atoms with E-state index in [0.717, 1.165) is 26.3 Å². The molecule has 40 heavy (non-hydrogen) atoms. The molecule has 9 nitrogen and oxygen atoms in total. The smallest absolute Gasteiger partial charge is 0.243 e. The number of nitrogens with one attached hydrogen (secondary N) is 2. The van der Waals surface area contributed by atoms with Gasteiger partial charge in [0.25, 0.3) is 0 Å². The highest BCUT2D eigenvalue weighted by molar-refractivity contribution is 7.89. The number of rotatable bonds is 12. The lowest BCUT2D eigenvalue weighted by molar-refractivity contribution is -0.116. The zero-order valence-electron chi connectivity index (χ0n) is 22.2. The van der Waals surface area contributed by atoms with Crippen LogP contribution in [0.4, 0.5) is 10.8 Å². The van der Waals surface area contributed by atoms with E-state index < -0.39 is 22.5 Å². The van der Waals surface area contributed by atoms with Gasteiger partial charge in [-0.05, 0) is 48.9 Å². The molecular formula is C28H29ClN4O5S2. The van der Waals surface area contributed by atoms with Crippen LogP contribution in [0.15, 0.2) is 77.0 Å². The first-order valence-corrected chi connectivity index (χ1v) is 15.0. The van der Waals surface area contributed by atoms with Crippen LogP contribution in [0.25, 0.3) is 11.3 Å². The quantitative estimate of drug-likeness (QED) is 0.213. The summed E-state index contributed by atoms with van der Waals surface area (Å²) in [5.74, 6) is 0.266. The maximum absolute atomic E-state index is 13.7. The zero-order valence-corrected chi connectivity index (χ0v) is 24.6. The number of benzene rings is 3. The molecule has 210 valence electrons. The second kappa shape index (κ2) is 13.1. The van der Waals surface area contributed by atoms with Crippen molar-refractivity contribution in [3.05, 3.63) is 82.7 Å². The van der Waals surface area contributed by atoms with Gasteiger partial charge in [0.15, 0.2) is 5.13 Å². The molecule has 0 spiro atoms. The monoisotopic (exact) mass is 600 g/mol. The number of hydrogen-bond acceptors (Lipinski definition) is 8.